The van der Waals surface area contributed by atoms with E-state index >= 15 is 0 Å². The molecule has 0 unspecified atom stereocenters. The molecule has 2 aromatic rings. The number of morpholine rings is 2. The Balaban J connectivity index is 1.83. The van der Waals surface area contributed by atoms with Gasteiger partial charge in [0.1, 0.15) is 5.82 Å². The fraction of sp³-hybridized carbons (Fsp3) is 0.474. The number of aromatic nitrogens is 2. The standard InChI is InChI=1S/C19H21F3N4O3/c20-19(21,22)15-11-18(27)23-12-14(15)16-9-13(25-1-5-28-6-2-25)10-17(24-16)26-3-7-29-8-4-26/h9-12H,1-8H2,(H,23,27). The van der Waals surface area contributed by atoms with Crippen molar-refractivity contribution in [1.29, 1.82) is 0 Å². The van der Waals surface area contributed by atoms with Gasteiger partial charge >= 0.3 is 6.18 Å². The van der Waals surface area contributed by atoms with Crippen molar-refractivity contribution < 1.29 is 22.6 Å². The Bertz CT molecular complexity index is 883. The summed E-state index contributed by atoms with van der Waals surface area (Å²) < 4.78 is 51.5. The molecule has 2 fully saturated rings. The molecule has 2 aromatic heterocycles. The number of alkyl halides is 3. The van der Waals surface area contributed by atoms with Crippen LogP contribution in [0.5, 0.6) is 0 Å². The Kier molecular flexibility index (Phi) is 5.46. The summed E-state index contributed by atoms with van der Waals surface area (Å²) in [4.78, 5) is 22.5. The van der Waals surface area contributed by atoms with Crippen molar-refractivity contribution >= 4 is 11.5 Å². The number of rotatable bonds is 3. The minimum Gasteiger partial charge on any atom is -0.378 e. The van der Waals surface area contributed by atoms with E-state index < -0.39 is 17.3 Å². The molecule has 0 radical (unpaired) electrons. The lowest BCUT2D eigenvalue weighted by atomic mass is 10.1. The molecule has 0 atom stereocenters. The molecule has 7 nitrogen and oxygen atoms in total. The van der Waals surface area contributed by atoms with Gasteiger partial charge in [-0.3, -0.25) is 4.79 Å². The second kappa shape index (κ2) is 8.03. The van der Waals surface area contributed by atoms with Crippen molar-refractivity contribution in [2.75, 3.05) is 62.4 Å². The second-order valence-electron chi connectivity index (χ2n) is 6.89. The van der Waals surface area contributed by atoms with Crippen LogP contribution >= 0.6 is 0 Å². The maximum Gasteiger partial charge on any atom is 0.417 e. The molecular weight excluding hydrogens is 389 g/mol. The molecule has 156 valence electrons. The van der Waals surface area contributed by atoms with E-state index in [1.807, 2.05) is 11.0 Å². The van der Waals surface area contributed by atoms with Gasteiger partial charge in [0, 0.05) is 55.8 Å². The van der Waals surface area contributed by atoms with Gasteiger partial charge in [0.15, 0.2) is 0 Å². The summed E-state index contributed by atoms with van der Waals surface area (Å²) in [5.74, 6) is 0.589. The van der Waals surface area contributed by atoms with Gasteiger partial charge in [-0.05, 0) is 6.07 Å². The van der Waals surface area contributed by atoms with Gasteiger partial charge < -0.3 is 24.3 Å². The largest absolute Gasteiger partial charge is 0.417 e. The Morgan fingerprint density at radius 2 is 1.55 bits per heavy atom. The fourth-order valence-electron chi connectivity index (χ4n) is 3.52. The number of halogens is 3. The normalized spacial score (nSPS) is 18.2. The van der Waals surface area contributed by atoms with E-state index in [1.165, 1.54) is 0 Å². The van der Waals surface area contributed by atoms with Crippen LogP contribution in [-0.4, -0.2) is 62.6 Å². The summed E-state index contributed by atoms with van der Waals surface area (Å²) >= 11 is 0. The summed E-state index contributed by atoms with van der Waals surface area (Å²) in [5, 5.41) is 0. The lowest BCUT2D eigenvalue weighted by Crippen LogP contribution is -2.38. The van der Waals surface area contributed by atoms with Crippen molar-refractivity contribution in [3.05, 3.63) is 40.3 Å². The van der Waals surface area contributed by atoms with E-state index in [1.54, 1.807) is 6.07 Å². The number of pyridine rings is 2. The fourth-order valence-corrected chi connectivity index (χ4v) is 3.52. The highest BCUT2D eigenvalue weighted by molar-refractivity contribution is 5.71. The third kappa shape index (κ3) is 4.38. The highest BCUT2D eigenvalue weighted by atomic mass is 19.4. The van der Waals surface area contributed by atoms with E-state index in [0.717, 1.165) is 11.9 Å². The van der Waals surface area contributed by atoms with E-state index in [4.69, 9.17) is 9.47 Å². The molecule has 0 amide bonds. The molecular formula is C19H21F3N4O3. The van der Waals surface area contributed by atoms with Gasteiger partial charge in [0.2, 0.25) is 5.56 Å². The Morgan fingerprint density at radius 3 is 2.17 bits per heavy atom. The number of anilines is 2. The van der Waals surface area contributed by atoms with Gasteiger partial charge in [-0.1, -0.05) is 0 Å². The first-order valence-electron chi connectivity index (χ1n) is 9.39. The highest BCUT2D eigenvalue weighted by Gasteiger charge is 2.35. The van der Waals surface area contributed by atoms with Crippen molar-refractivity contribution in [2.24, 2.45) is 0 Å². The highest BCUT2D eigenvalue weighted by Crippen LogP contribution is 2.37. The van der Waals surface area contributed by atoms with Crippen LogP contribution in [0, 0.1) is 0 Å². The number of ether oxygens (including phenoxy) is 2. The zero-order chi connectivity index (χ0) is 20.4. The number of nitrogens with zero attached hydrogens (tertiary/aromatic N) is 3. The molecule has 2 aliphatic heterocycles. The zero-order valence-corrected chi connectivity index (χ0v) is 15.7. The summed E-state index contributed by atoms with van der Waals surface area (Å²) in [6.07, 6.45) is -3.58. The number of nitrogens with one attached hydrogen (secondary N) is 1. The molecule has 2 saturated heterocycles. The zero-order valence-electron chi connectivity index (χ0n) is 15.7. The molecule has 0 aliphatic carbocycles. The minimum absolute atomic E-state index is 0.151. The molecule has 29 heavy (non-hydrogen) atoms. The van der Waals surface area contributed by atoms with Crippen molar-refractivity contribution in [2.45, 2.75) is 6.18 Å². The molecule has 10 heteroatoms. The molecule has 1 N–H and O–H groups in total. The third-order valence-electron chi connectivity index (χ3n) is 5.01. The van der Waals surface area contributed by atoms with Crippen LogP contribution in [0.4, 0.5) is 24.7 Å². The van der Waals surface area contributed by atoms with Crippen LogP contribution in [0.25, 0.3) is 11.3 Å². The second-order valence-corrected chi connectivity index (χ2v) is 6.89. The van der Waals surface area contributed by atoms with Gasteiger partial charge in [0.25, 0.3) is 0 Å². The van der Waals surface area contributed by atoms with E-state index in [-0.39, 0.29) is 11.3 Å². The van der Waals surface area contributed by atoms with Crippen LogP contribution in [0.1, 0.15) is 5.56 Å². The summed E-state index contributed by atoms with van der Waals surface area (Å²) in [7, 11) is 0. The topological polar surface area (TPSA) is 70.7 Å². The molecule has 0 spiro atoms. The van der Waals surface area contributed by atoms with Crippen molar-refractivity contribution in [1.82, 2.24) is 9.97 Å². The van der Waals surface area contributed by atoms with E-state index in [2.05, 4.69) is 14.9 Å². The summed E-state index contributed by atoms with van der Waals surface area (Å²) in [6.45, 7) is 4.67. The molecule has 4 heterocycles. The average molecular weight is 410 g/mol. The maximum absolute atomic E-state index is 13.6. The summed E-state index contributed by atoms with van der Waals surface area (Å²) in [5.41, 5.74) is -1.01. The number of hydrogen-bond acceptors (Lipinski definition) is 6. The predicted octanol–water partition coefficient (Wildman–Crippen LogP) is 2.13. The van der Waals surface area contributed by atoms with Gasteiger partial charge in [-0.2, -0.15) is 13.2 Å². The molecule has 0 aromatic carbocycles. The van der Waals surface area contributed by atoms with Gasteiger partial charge in [-0.25, -0.2) is 4.98 Å². The lowest BCUT2D eigenvalue weighted by molar-refractivity contribution is -0.137. The molecule has 2 aliphatic rings. The maximum atomic E-state index is 13.6. The Labute approximate surface area is 165 Å². The quantitative estimate of drug-likeness (QED) is 0.836. The molecule has 4 rings (SSSR count). The smallest absolute Gasteiger partial charge is 0.378 e. The van der Waals surface area contributed by atoms with Crippen LogP contribution in [0.2, 0.25) is 0 Å². The predicted molar refractivity (Wildman–Crippen MR) is 101 cm³/mol. The SMILES string of the molecule is O=c1cc(C(F)(F)F)c(-c2cc(N3CCOCC3)cc(N3CCOCC3)n2)c[nH]1. The van der Waals surface area contributed by atoms with Crippen molar-refractivity contribution in [3.63, 3.8) is 0 Å². The summed E-state index contributed by atoms with van der Waals surface area (Å²) in [6, 6.07) is 4.10. The number of H-pyrrole nitrogens is 1. The number of hydrogen-bond donors (Lipinski definition) is 1. The van der Waals surface area contributed by atoms with Crippen LogP contribution in [0.15, 0.2) is 29.2 Å². The van der Waals surface area contributed by atoms with E-state index in [0.29, 0.717) is 64.5 Å². The first-order chi connectivity index (χ1) is 13.9. The van der Waals surface area contributed by atoms with Crippen LogP contribution in [0.3, 0.4) is 0 Å². The molecule has 0 saturated carbocycles. The average Bonchev–Trinajstić information content (AvgIpc) is 2.74. The first kappa shape index (κ1) is 19.7. The third-order valence-corrected chi connectivity index (χ3v) is 5.01. The minimum atomic E-state index is -4.67. The van der Waals surface area contributed by atoms with E-state index in [9.17, 15) is 18.0 Å². The van der Waals surface area contributed by atoms with Crippen LogP contribution < -0.4 is 15.4 Å². The van der Waals surface area contributed by atoms with Gasteiger partial charge in [0.05, 0.1) is 37.7 Å². The lowest BCUT2D eigenvalue weighted by Gasteiger charge is -2.32. The molecule has 0 bridgehead atoms. The van der Waals surface area contributed by atoms with Crippen LogP contribution in [-0.2, 0) is 15.7 Å². The Morgan fingerprint density at radius 1 is 0.931 bits per heavy atom. The first-order valence-corrected chi connectivity index (χ1v) is 9.39. The number of aromatic amines is 1. The van der Waals surface area contributed by atoms with Crippen molar-refractivity contribution in [3.8, 4) is 11.3 Å². The Hall–Kier alpha value is -2.59. The van der Waals surface area contributed by atoms with Gasteiger partial charge in [-0.15, -0.1) is 0 Å². The monoisotopic (exact) mass is 410 g/mol.